The summed E-state index contributed by atoms with van der Waals surface area (Å²) in [6, 6.07) is 7.67. The Kier molecular flexibility index (Phi) is 9.37. The molecule has 0 heterocycles. The minimum absolute atomic E-state index is 0. The number of rotatable bonds is 7. The average Bonchev–Trinajstić information content (AvgIpc) is 2.39. The molecule has 0 bridgehead atoms. The maximum atomic E-state index is 12.8. The van der Waals surface area contributed by atoms with E-state index < -0.39 is 24.9 Å². The van der Waals surface area contributed by atoms with Crippen molar-refractivity contribution in [3.63, 3.8) is 0 Å². The van der Waals surface area contributed by atoms with Crippen LogP contribution in [0, 0.1) is 0 Å². The Morgan fingerprint density at radius 3 is 2.50 bits per heavy atom. The maximum Gasteiger partial charge on any atom is 0.277 e. The molecule has 0 aliphatic rings. The lowest BCUT2D eigenvalue weighted by molar-refractivity contribution is -0.122. The molecular weight excluding hydrogens is 374 g/mol. The average molecular weight is 390 g/mol. The van der Waals surface area contributed by atoms with E-state index in [0.717, 1.165) is 9.37 Å². The van der Waals surface area contributed by atoms with Crippen molar-refractivity contribution in [1.82, 2.24) is 5.32 Å². The number of amides is 1. The molecule has 0 unspecified atom stereocenters. The van der Waals surface area contributed by atoms with E-state index in [-0.39, 0.29) is 18.8 Å². The first-order valence-electron chi connectivity index (χ1n) is 5.66. The second-order valence-corrected chi connectivity index (χ2v) is 5.97. The highest BCUT2D eigenvalue weighted by Gasteiger charge is 2.26. The van der Waals surface area contributed by atoms with Gasteiger partial charge in [0, 0.05) is 21.5 Å². The number of halogens is 4. The summed E-state index contributed by atoms with van der Waals surface area (Å²) < 4.78 is 26.6. The minimum atomic E-state index is -3.03. The monoisotopic (exact) mass is 388 g/mol. The number of thioether (sulfide) groups is 1. The van der Waals surface area contributed by atoms with Crippen molar-refractivity contribution in [3.8, 4) is 0 Å². The number of carbonyl (C=O) groups is 1. The molecule has 3 N–H and O–H groups in total. The lowest BCUT2D eigenvalue weighted by Crippen LogP contribution is -2.41. The molecule has 1 aromatic rings. The second-order valence-electron chi connectivity index (χ2n) is 3.89. The van der Waals surface area contributed by atoms with Crippen LogP contribution < -0.4 is 11.1 Å². The molecule has 8 heteroatoms. The van der Waals surface area contributed by atoms with Gasteiger partial charge in [-0.25, -0.2) is 8.78 Å². The van der Waals surface area contributed by atoms with E-state index >= 15 is 0 Å². The first-order valence-corrected chi connectivity index (χ1v) is 7.44. The normalized spacial score (nSPS) is 10.8. The molecule has 0 spiro atoms. The van der Waals surface area contributed by atoms with Crippen molar-refractivity contribution < 1.29 is 13.6 Å². The highest BCUT2D eigenvalue weighted by molar-refractivity contribution is 9.10. The number of alkyl halides is 2. The number of benzene rings is 1. The van der Waals surface area contributed by atoms with Gasteiger partial charge in [0.05, 0.1) is 13.1 Å². The molecule has 20 heavy (non-hydrogen) atoms. The molecule has 0 atom stereocenters. The minimum Gasteiger partial charge on any atom is -0.350 e. The topological polar surface area (TPSA) is 55.1 Å². The van der Waals surface area contributed by atoms with Crippen molar-refractivity contribution in [1.29, 1.82) is 0 Å². The number of hydrogen-bond acceptors (Lipinski definition) is 3. The molecule has 0 radical (unpaired) electrons. The molecule has 114 valence electrons. The molecule has 0 aromatic heterocycles. The molecule has 0 saturated carbocycles. The molecular formula is C12H16BrClF2N2OS. The number of nitrogens with two attached hydrogens (primary N) is 1. The third-order valence-corrected chi connectivity index (χ3v) is 3.80. The maximum absolute atomic E-state index is 12.8. The summed E-state index contributed by atoms with van der Waals surface area (Å²) in [4.78, 5) is 12.4. The third kappa shape index (κ3) is 8.04. The zero-order chi connectivity index (χ0) is 14.3. The lowest BCUT2D eigenvalue weighted by atomic mass is 10.3. The Labute approximate surface area is 135 Å². The van der Waals surface area contributed by atoms with Crippen LogP contribution in [-0.2, 0) is 4.79 Å². The first kappa shape index (κ1) is 19.6. The zero-order valence-corrected chi connectivity index (χ0v) is 13.8. The van der Waals surface area contributed by atoms with Crippen molar-refractivity contribution in [2.45, 2.75) is 17.2 Å². The fourth-order valence-corrected chi connectivity index (χ4v) is 2.30. The fourth-order valence-electron chi connectivity index (χ4n) is 1.18. The van der Waals surface area contributed by atoms with E-state index in [4.69, 9.17) is 5.73 Å². The van der Waals surface area contributed by atoms with Gasteiger partial charge in [-0.3, -0.25) is 4.79 Å². The molecule has 1 amide bonds. The van der Waals surface area contributed by atoms with Gasteiger partial charge in [0.1, 0.15) is 0 Å². The molecule has 0 fully saturated rings. The Morgan fingerprint density at radius 2 is 1.95 bits per heavy atom. The second kappa shape index (κ2) is 9.55. The van der Waals surface area contributed by atoms with Crippen molar-refractivity contribution in [2.75, 3.05) is 18.8 Å². The fraction of sp³-hybridized carbons (Fsp3) is 0.417. The molecule has 1 rings (SSSR count). The van der Waals surface area contributed by atoms with E-state index in [1.165, 1.54) is 11.8 Å². The van der Waals surface area contributed by atoms with Crippen LogP contribution in [0.1, 0.15) is 6.42 Å². The van der Waals surface area contributed by atoms with Crippen molar-refractivity contribution in [2.24, 2.45) is 5.73 Å². The van der Waals surface area contributed by atoms with Gasteiger partial charge in [0.25, 0.3) is 5.92 Å². The van der Waals surface area contributed by atoms with Crippen LogP contribution in [0.15, 0.2) is 33.6 Å². The smallest absolute Gasteiger partial charge is 0.277 e. The van der Waals surface area contributed by atoms with E-state index in [1.54, 1.807) is 0 Å². The first-order chi connectivity index (χ1) is 8.93. The lowest BCUT2D eigenvalue weighted by Gasteiger charge is -2.14. The summed E-state index contributed by atoms with van der Waals surface area (Å²) in [5, 5.41) is 2.18. The highest BCUT2D eigenvalue weighted by atomic mass is 79.9. The van der Waals surface area contributed by atoms with Gasteiger partial charge < -0.3 is 11.1 Å². The Morgan fingerprint density at radius 1 is 1.35 bits per heavy atom. The van der Waals surface area contributed by atoms with Gasteiger partial charge in [0.2, 0.25) is 5.91 Å². The van der Waals surface area contributed by atoms with Gasteiger partial charge in [-0.1, -0.05) is 15.9 Å². The van der Waals surface area contributed by atoms with Crippen molar-refractivity contribution >= 4 is 46.0 Å². The van der Waals surface area contributed by atoms with E-state index in [0.29, 0.717) is 5.75 Å². The van der Waals surface area contributed by atoms with Crippen LogP contribution in [0.4, 0.5) is 8.78 Å². The Hall–Kier alpha value is -0.370. The van der Waals surface area contributed by atoms with E-state index in [1.807, 2.05) is 24.3 Å². The van der Waals surface area contributed by atoms with Crippen LogP contribution in [-0.4, -0.2) is 30.7 Å². The number of hydrogen-bond donors (Lipinski definition) is 2. The van der Waals surface area contributed by atoms with Crippen LogP contribution >= 0.6 is 40.1 Å². The quantitative estimate of drug-likeness (QED) is 0.705. The summed E-state index contributed by atoms with van der Waals surface area (Å²) in [6.07, 6.45) is 0.196. The summed E-state index contributed by atoms with van der Waals surface area (Å²) >= 11 is 4.83. The van der Waals surface area contributed by atoms with E-state index in [2.05, 4.69) is 21.2 Å². The highest BCUT2D eigenvalue weighted by Crippen LogP contribution is 2.21. The van der Waals surface area contributed by atoms with Gasteiger partial charge in [-0.05, 0) is 24.3 Å². The summed E-state index contributed by atoms with van der Waals surface area (Å²) in [5.74, 6) is -2.88. The van der Waals surface area contributed by atoms with Gasteiger partial charge in [-0.15, -0.1) is 24.2 Å². The SMILES string of the molecule is Cl.NCC(F)(F)CNC(=O)CCSc1ccc(Br)cc1. The number of carbonyl (C=O) groups excluding carboxylic acids is 1. The largest absolute Gasteiger partial charge is 0.350 e. The van der Waals surface area contributed by atoms with E-state index in [9.17, 15) is 13.6 Å². The molecule has 0 aliphatic heterocycles. The van der Waals surface area contributed by atoms with Crippen LogP contribution in [0.2, 0.25) is 0 Å². The third-order valence-electron chi connectivity index (χ3n) is 2.25. The van der Waals surface area contributed by atoms with Gasteiger partial charge >= 0.3 is 0 Å². The van der Waals surface area contributed by atoms with Crippen molar-refractivity contribution in [3.05, 3.63) is 28.7 Å². The van der Waals surface area contributed by atoms with Gasteiger partial charge in [-0.2, -0.15) is 0 Å². The Bertz CT molecular complexity index is 420. The summed E-state index contributed by atoms with van der Waals surface area (Å²) in [5.41, 5.74) is 4.87. The van der Waals surface area contributed by atoms with Crippen LogP contribution in [0.3, 0.4) is 0 Å². The number of nitrogens with one attached hydrogen (secondary N) is 1. The zero-order valence-electron chi connectivity index (χ0n) is 10.6. The predicted octanol–water partition coefficient (Wildman–Crippen LogP) is 3.06. The van der Waals surface area contributed by atoms with Gasteiger partial charge in [0.15, 0.2) is 0 Å². The molecule has 3 nitrogen and oxygen atoms in total. The Balaban J connectivity index is 0.00000361. The van der Waals surface area contributed by atoms with Crippen LogP contribution in [0.25, 0.3) is 0 Å². The molecule has 1 aromatic carbocycles. The standard InChI is InChI=1S/C12H15BrF2N2OS.ClH/c13-9-1-3-10(4-2-9)19-6-5-11(18)17-8-12(14,15)7-16;/h1-4H,5-8,16H2,(H,17,18);1H. The predicted molar refractivity (Wildman–Crippen MR) is 83.7 cm³/mol. The van der Waals surface area contributed by atoms with Crippen LogP contribution in [0.5, 0.6) is 0 Å². The summed E-state index contributed by atoms with van der Waals surface area (Å²) in [7, 11) is 0. The summed E-state index contributed by atoms with van der Waals surface area (Å²) in [6.45, 7) is -1.47. The molecule has 0 aliphatic carbocycles. The molecule has 0 saturated heterocycles.